The average Bonchev–Trinajstić information content (AvgIpc) is 2.93. The van der Waals surface area contributed by atoms with Gasteiger partial charge in [0.1, 0.15) is 0 Å². The smallest absolute Gasteiger partial charge is 0.0574 e. The second kappa shape index (κ2) is 10.2. The van der Waals surface area contributed by atoms with Gasteiger partial charge in [0.05, 0.1) is 12.4 Å². The number of benzene rings is 4. The van der Waals surface area contributed by atoms with Crippen molar-refractivity contribution in [3.05, 3.63) is 136 Å². The first-order valence-corrected chi connectivity index (χ1v) is 13.4. The van der Waals surface area contributed by atoms with Gasteiger partial charge in [-0.3, -0.25) is 0 Å². The van der Waals surface area contributed by atoms with Gasteiger partial charge in [-0.2, -0.15) is 10.2 Å². The normalized spacial score (nSPS) is 14.2. The summed E-state index contributed by atoms with van der Waals surface area (Å²) in [5, 5.41) is 12.7. The van der Waals surface area contributed by atoms with Gasteiger partial charge in [0.2, 0.25) is 0 Å². The summed E-state index contributed by atoms with van der Waals surface area (Å²) in [7, 11) is 0. The second-order valence-electron chi connectivity index (χ2n) is 9.49. The predicted octanol–water partition coefficient (Wildman–Crippen LogP) is 8.87. The molecule has 0 radical (unpaired) electrons. The minimum absolute atomic E-state index is 0.981. The van der Waals surface area contributed by atoms with Crippen molar-refractivity contribution >= 4 is 43.0 Å². The molecule has 0 fully saturated rings. The molecule has 0 bridgehead atoms. The van der Waals surface area contributed by atoms with Crippen molar-refractivity contribution < 1.29 is 0 Å². The van der Waals surface area contributed by atoms with Crippen molar-refractivity contribution in [3.63, 3.8) is 0 Å². The lowest BCUT2D eigenvalue weighted by molar-refractivity contribution is 0.830. The summed E-state index contributed by atoms with van der Waals surface area (Å²) in [4.78, 5) is 0. The number of allylic oxidation sites excluding steroid dienone is 4. The maximum atomic E-state index is 3.76. The number of rotatable bonds is 2. The highest BCUT2D eigenvalue weighted by molar-refractivity contribution is 9.10. The maximum absolute atomic E-state index is 3.76. The van der Waals surface area contributed by atoms with Crippen molar-refractivity contribution in [3.8, 4) is 0 Å². The largest absolute Gasteiger partial charge is 0.158 e. The first kappa shape index (κ1) is 22.9. The van der Waals surface area contributed by atoms with Crippen molar-refractivity contribution in [1.29, 1.82) is 0 Å². The number of fused-ring (bicyclic) bond motifs is 5. The molecule has 36 heavy (non-hydrogen) atoms. The van der Waals surface area contributed by atoms with Gasteiger partial charge in [0, 0.05) is 15.2 Å². The zero-order valence-electron chi connectivity index (χ0n) is 20.1. The molecule has 2 nitrogen and oxygen atoms in total. The standard InChI is InChI=1S/C25H21Br.C8H6N2/c26-21-9-3-5-17(16-21)15-20-8-4-7-19-12-13-23-22-10-2-1-6-18(22)11-14-24(23)25(19)20;1-2-4-8-6-10-9-5-7(8)3-1/h2-5,7-10,12-13,16H,1,6,11,14-15H2;1-6H. The van der Waals surface area contributed by atoms with E-state index in [1.54, 1.807) is 23.5 Å². The van der Waals surface area contributed by atoms with E-state index in [-0.39, 0.29) is 0 Å². The summed E-state index contributed by atoms with van der Waals surface area (Å²) in [5.41, 5.74) is 8.98. The molecule has 0 spiro atoms. The highest BCUT2D eigenvalue weighted by Crippen LogP contribution is 2.41. The van der Waals surface area contributed by atoms with Crippen LogP contribution in [0.4, 0.5) is 0 Å². The van der Waals surface area contributed by atoms with Crippen molar-refractivity contribution in [2.75, 3.05) is 0 Å². The monoisotopic (exact) mass is 530 g/mol. The molecule has 7 rings (SSSR count). The van der Waals surface area contributed by atoms with Gasteiger partial charge < -0.3 is 0 Å². The lowest BCUT2D eigenvalue weighted by Crippen LogP contribution is -2.08. The Bertz CT molecular complexity index is 1560. The molecule has 0 atom stereocenters. The van der Waals surface area contributed by atoms with Crippen molar-refractivity contribution in [2.45, 2.75) is 32.1 Å². The lowest BCUT2D eigenvalue weighted by atomic mass is 9.78. The summed E-state index contributed by atoms with van der Waals surface area (Å²) in [6.07, 6.45) is 14.0. The number of hydrogen-bond donors (Lipinski definition) is 0. The molecule has 0 unspecified atom stereocenters. The van der Waals surface area contributed by atoms with Crippen LogP contribution < -0.4 is 0 Å². The Labute approximate surface area is 220 Å². The van der Waals surface area contributed by atoms with E-state index >= 15 is 0 Å². The average molecular weight is 531 g/mol. The van der Waals surface area contributed by atoms with Gasteiger partial charge in [0.15, 0.2) is 0 Å². The maximum Gasteiger partial charge on any atom is 0.0574 e. The Morgan fingerprint density at radius 1 is 0.722 bits per heavy atom. The van der Waals surface area contributed by atoms with E-state index in [0.717, 1.165) is 21.7 Å². The van der Waals surface area contributed by atoms with E-state index in [1.165, 1.54) is 58.7 Å². The van der Waals surface area contributed by atoms with Crippen LogP contribution >= 0.6 is 15.9 Å². The SMILES string of the molecule is Brc1cccc(Cc2cccc3ccc4c(c23)CCC2=C4C=CCC2)c1.c1ccc2cnncc2c1. The zero-order valence-corrected chi connectivity index (χ0v) is 21.7. The molecular weight excluding hydrogens is 504 g/mol. The Morgan fingerprint density at radius 2 is 1.50 bits per heavy atom. The number of aromatic nitrogens is 2. The molecule has 0 saturated heterocycles. The van der Waals surface area contributed by atoms with Crippen LogP contribution in [-0.2, 0) is 12.8 Å². The van der Waals surface area contributed by atoms with Crippen LogP contribution in [0.15, 0.2) is 113 Å². The van der Waals surface area contributed by atoms with Crippen molar-refractivity contribution in [2.24, 2.45) is 0 Å². The van der Waals surface area contributed by atoms with E-state index in [2.05, 4.69) is 92.9 Å². The molecule has 176 valence electrons. The van der Waals surface area contributed by atoms with E-state index < -0.39 is 0 Å². The topological polar surface area (TPSA) is 25.8 Å². The fourth-order valence-corrected chi connectivity index (χ4v) is 5.97. The highest BCUT2D eigenvalue weighted by Gasteiger charge is 2.21. The minimum Gasteiger partial charge on any atom is -0.158 e. The Balaban J connectivity index is 0.000000200. The quantitative estimate of drug-likeness (QED) is 0.227. The summed E-state index contributed by atoms with van der Waals surface area (Å²) >= 11 is 3.61. The number of hydrogen-bond acceptors (Lipinski definition) is 2. The van der Waals surface area contributed by atoms with Crippen LogP contribution in [0, 0.1) is 0 Å². The Hall–Kier alpha value is -3.56. The fourth-order valence-electron chi connectivity index (χ4n) is 5.53. The van der Waals surface area contributed by atoms with Gasteiger partial charge >= 0.3 is 0 Å². The molecule has 0 saturated carbocycles. The summed E-state index contributed by atoms with van der Waals surface area (Å²) in [6.45, 7) is 0. The molecule has 5 aromatic rings. The first-order valence-electron chi connectivity index (χ1n) is 12.6. The summed E-state index contributed by atoms with van der Waals surface area (Å²) < 4.78 is 1.15. The van der Waals surface area contributed by atoms with Crippen LogP contribution in [-0.4, -0.2) is 10.2 Å². The third kappa shape index (κ3) is 4.64. The molecule has 2 aliphatic rings. The van der Waals surface area contributed by atoms with Gasteiger partial charge in [-0.05, 0) is 82.8 Å². The second-order valence-corrected chi connectivity index (χ2v) is 10.4. The molecule has 4 aromatic carbocycles. The lowest BCUT2D eigenvalue weighted by Gasteiger charge is -2.26. The van der Waals surface area contributed by atoms with E-state index in [4.69, 9.17) is 0 Å². The molecular formula is C33H27BrN2. The summed E-state index contributed by atoms with van der Waals surface area (Å²) in [6, 6.07) is 28.1. The Kier molecular flexibility index (Phi) is 6.48. The molecule has 0 aliphatic heterocycles. The number of halogens is 1. The van der Waals surface area contributed by atoms with Gasteiger partial charge in [-0.15, -0.1) is 0 Å². The number of nitrogens with zero attached hydrogens (tertiary/aromatic N) is 2. The highest BCUT2D eigenvalue weighted by atomic mass is 79.9. The summed E-state index contributed by atoms with van der Waals surface area (Å²) in [5.74, 6) is 0. The van der Waals surface area contributed by atoms with Gasteiger partial charge in [-0.1, -0.05) is 100 Å². The van der Waals surface area contributed by atoms with E-state index in [9.17, 15) is 0 Å². The van der Waals surface area contributed by atoms with Crippen LogP contribution in [0.5, 0.6) is 0 Å². The van der Waals surface area contributed by atoms with E-state index in [0.29, 0.717) is 0 Å². The molecule has 1 heterocycles. The molecule has 0 N–H and O–H groups in total. The molecule has 1 aromatic heterocycles. The Morgan fingerprint density at radius 3 is 2.31 bits per heavy atom. The molecule has 0 amide bonds. The molecule has 2 aliphatic carbocycles. The zero-order chi connectivity index (χ0) is 24.3. The van der Waals surface area contributed by atoms with Crippen LogP contribution in [0.3, 0.4) is 0 Å². The van der Waals surface area contributed by atoms with Crippen LogP contribution in [0.25, 0.3) is 27.1 Å². The minimum atomic E-state index is 0.981. The van der Waals surface area contributed by atoms with E-state index in [1.807, 2.05) is 24.3 Å². The third-order valence-corrected chi connectivity index (χ3v) is 7.72. The van der Waals surface area contributed by atoms with Crippen LogP contribution in [0.1, 0.15) is 41.5 Å². The van der Waals surface area contributed by atoms with Gasteiger partial charge in [-0.25, -0.2) is 0 Å². The fraction of sp³-hybridized carbons (Fsp3) is 0.152. The third-order valence-electron chi connectivity index (χ3n) is 7.22. The van der Waals surface area contributed by atoms with Crippen molar-refractivity contribution in [1.82, 2.24) is 10.2 Å². The van der Waals surface area contributed by atoms with Gasteiger partial charge in [0.25, 0.3) is 0 Å². The first-order chi connectivity index (χ1) is 17.8. The predicted molar refractivity (Wildman–Crippen MR) is 154 cm³/mol. The van der Waals surface area contributed by atoms with Crippen LogP contribution in [0.2, 0.25) is 0 Å². The molecule has 3 heteroatoms. The number of aryl methyl sites for hydroxylation is 1.